The van der Waals surface area contributed by atoms with Gasteiger partial charge in [-0.2, -0.15) is 0 Å². The number of hydrogen-bond donors (Lipinski definition) is 1. The molecule has 2 aromatic carbocycles. The van der Waals surface area contributed by atoms with E-state index < -0.39 is 5.82 Å². The Bertz CT molecular complexity index is 632. The number of benzene rings is 2. The SMILES string of the molecule is CC(NCCc1cccc(F)c1)c1c(Cl)ccc(F)c1Cl. The monoisotopic (exact) mass is 329 g/mol. The molecule has 0 radical (unpaired) electrons. The molecule has 2 rings (SSSR count). The van der Waals surface area contributed by atoms with E-state index in [1.165, 1.54) is 24.3 Å². The lowest BCUT2D eigenvalue weighted by molar-refractivity contribution is 0.566. The second-order valence-electron chi connectivity index (χ2n) is 4.81. The third kappa shape index (κ3) is 4.16. The lowest BCUT2D eigenvalue weighted by Crippen LogP contribution is -2.22. The maximum atomic E-state index is 13.5. The normalized spacial score (nSPS) is 12.4. The van der Waals surface area contributed by atoms with Crippen LogP contribution in [0.5, 0.6) is 0 Å². The summed E-state index contributed by atoms with van der Waals surface area (Å²) in [5.41, 5.74) is 1.43. The molecule has 0 saturated carbocycles. The zero-order valence-electron chi connectivity index (χ0n) is 11.5. The average Bonchev–Trinajstić information content (AvgIpc) is 2.43. The molecule has 0 aliphatic carbocycles. The first-order valence-corrected chi connectivity index (χ1v) is 7.36. The van der Waals surface area contributed by atoms with Gasteiger partial charge < -0.3 is 5.32 Å². The Morgan fingerprint density at radius 3 is 2.62 bits per heavy atom. The Kier molecular flexibility index (Phi) is 5.57. The Morgan fingerprint density at radius 2 is 1.90 bits per heavy atom. The predicted molar refractivity (Wildman–Crippen MR) is 82.9 cm³/mol. The van der Waals surface area contributed by atoms with E-state index in [-0.39, 0.29) is 16.9 Å². The van der Waals surface area contributed by atoms with Gasteiger partial charge >= 0.3 is 0 Å². The van der Waals surface area contributed by atoms with E-state index in [0.717, 1.165) is 5.56 Å². The summed E-state index contributed by atoms with van der Waals surface area (Å²) in [6, 6.07) is 8.97. The van der Waals surface area contributed by atoms with Crippen molar-refractivity contribution in [2.24, 2.45) is 0 Å². The van der Waals surface area contributed by atoms with Crippen LogP contribution < -0.4 is 5.32 Å². The summed E-state index contributed by atoms with van der Waals surface area (Å²) in [6.07, 6.45) is 0.659. The molecule has 5 heteroatoms. The third-order valence-electron chi connectivity index (χ3n) is 3.27. The molecule has 112 valence electrons. The molecule has 0 aliphatic heterocycles. The number of rotatable bonds is 5. The van der Waals surface area contributed by atoms with Crippen LogP contribution in [-0.4, -0.2) is 6.54 Å². The van der Waals surface area contributed by atoms with Crippen molar-refractivity contribution in [1.29, 1.82) is 0 Å². The third-order valence-corrected chi connectivity index (χ3v) is 3.98. The van der Waals surface area contributed by atoms with E-state index in [9.17, 15) is 8.78 Å². The zero-order valence-corrected chi connectivity index (χ0v) is 13.0. The average molecular weight is 330 g/mol. The highest BCUT2D eigenvalue weighted by molar-refractivity contribution is 6.36. The van der Waals surface area contributed by atoms with Crippen LogP contribution >= 0.6 is 23.2 Å². The molecule has 0 saturated heterocycles. The van der Waals surface area contributed by atoms with Gasteiger partial charge in [0, 0.05) is 16.6 Å². The topological polar surface area (TPSA) is 12.0 Å². The summed E-state index contributed by atoms with van der Waals surface area (Å²) in [4.78, 5) is 0. The Hall–Kier alpha value is -1.16. The predicted octanol–water partition coefficient (Wildman–Crippen LogP) is 5.16. The van der Waals surface area contributed by atoms with Crippen LogP contribution in [0, 0.1) is 11.6 Å². The van der Waals surface area contributed by atoms with Gasteiger partial charge in [-0.05, 0) is 49.7 Å². The molecule has 0 aromatic heterocycles. The number of hydrogen-bond acceptors (Lipinski definition) is 1. The Labute approximate surface area is 132 Å². The van der Waals surface area contributed by atoms with Gasteiger partial charge in [-0.3, -0.25) is 0 Å². The molecule has 21 heavy (non-hydrogen) atoms. The molecule has 2 aromatic rings. The van der Waals surface area contributed by atoms with E-state index in [2.05, 4.69) is 5.32 Å². The molecule has 0 amide bonds. The standard InChI is InChI=1S/C16H15Cl2F2N/c1-10(15-13(17)5-6-14(20)16(15)18)21-8-7-11-3-2-4-12(19)9-11/h2-6,9-10,21H,7-8H2,1H3. The maximum absolute atomic E-state index is 13.5. The van der Waals surface area contributed by atoms with Gasteiger partial charge in [0.25, 0.3) is 0 Å². The van der Waals surface area contributed by atoms with Gasteiger partial charge in [0.2, 0.25) is 0 Å². The highest BCUT2D eigenvalue weighted by Gasteiger charge is 2.16. The second kappa shape index (κ2) is 7.21. The van der Waals surface area contributed by atoms with Crippen molar-refractivity contribution in [1.82, 2.24) is 5.32 Å². The molecule has 0 bridgehead atoms. The molecule has 1 nitrogen and oxygen atoms in total. The van der Waals surface area contributed by atoms with E-state index >= 15 is 0 Å². The van der Waals surface area contributed by atoms with Crippen molar-refractivity contribution < 1.29 is 8.78 Å². The number of halogens is 4. The lowest BCUT2D eigenvalue weighted by atomic mass is 10.1. The van der Waals surface area contributed by atoms with Crippen LogP contribution in [-0.2, 0) is 6.42 Å². The van der Waals surface area contributed by atoms with Crippen molar-refractivity contribution in [3.63, 3.8) is 0 Å². The van der Waals surface area contributed by atoms with Gasteiger partial charge in [0.15, 0.2) is 0 Å². The molecular weight excluding hydrogens is 315 g/mol. The van der Waals surface area contributed by atoms with Crippen molar-refractivity contribution in [2.45, 2.75) is 19.4 Å². The van der Waals surface area contributed by atoms with Gasteiger partial charge in [-0.1, -0.05) is 35.3 Å². The first kappa shape index (κ1) is 16.2. The smallest absolute Gasteiger partial charge is 0.142 e. The molecule has 0 aliphatic rings. The summed E-state index contributed by atoms with van der Waals surface area (Å²) < 4.78 is 26.6. The van der Waals surface area contributed by atoms with Gasteiger partial charge in [0.1, 0.15) is 11.6 Å². The van der Waals surface area contributed by atoms with E-state index in [1.54, 1.807) is 6.07 Å². The molecule has 1 N–H and O–H groups in total. The van der Waals surface area contributed by atoms with E-state index in [1.807, 2.05) is 13.0 Å². The Morgan fingerprint density at radius 1 is 1.14 bits per heavy atom. The molecule has 0 heterocycles. The molecule has 1 unspecified atom stereocenters. The summed E-state index contributed by atoms with van der Waals surface area (Å²) in [5.74, 6) is -0.744. The fourth-order valence-electron chi connectivity index (χ4n) is 2.17. The highest BCUT2D eigenvalue weighted by atomic mass is 35.5. The summed E-state index contributed by atoms with van der Waals surface area (Å²) in [5, 5.41) is 3.68. The second-order valence-corrected chi connectivity index (χ2v) is 5.60. The quantitative estimate of drug-likeness (QED) is 0.746. The van der Waals surface area contributed by atoms with Crippen LogP contribution in [0.2, 0.25) is 10.0 Å². The van der Waals surface area contributed by atoms with Crippen molar-refractivity contribution in [3.8, 4) is 0 Å². The van der Waals surface area contributed by atoms with Gasteiger partial charge in [0.05, 0.1) is 5.02 Å². The van der Waals surface area contributed by atoms with Crippen molar-refractivity contribution in [3.05, 3.63) is 69.2 Å². The minimum Gasteiger partial charge on any atom is -0.310 e. The molecule has 0 fully saturated rings. The van der Waals surface area contributed by atoms with Gasteiger partial charge in [-0.25, -0.2) is 8.78 Å². The van der Waals surface area contributed by atoms with E-state index in [0.29, 0.717) is 23.6 Å². The fraction of sp³-hybridized carbons (Fsp3) is 0.250. The van der Waals surface area contributed by atoms with Crippen LogP contribution in [0.4, 0.5) is 8.78 Å². The van der Waals surface area contributed by atoms with Crippen molar-refractivity contribution >= 4 is 23.2 Å². The molecular formula is C16H15Cl2F2N. The zero-order chi connectivity index (χ0) is 15.4. The van der Waals surface area contributed by atoms with Crippen LogP contribution in [0.15, 0.2) is 36.4 Å². The lowest BCUT2D eigenvalue weighted by Gasteiger charge is -2.17. The fourth-order valence-corrected chi connectivity index (χ4v) is 2.87. The van der Waals surface area contributed by atoms with Crippen LogP contribution in [0.1, 0.15) is 24.1 Å². The summed E-state index contributed by atoms with van der Waals surface area (Å²) in [6.45, 7) is 2.46. The van der Waals surface area contributed by atoms with Gasteiger partial charge in [-0.15, -0.1) is 0 Å². The molecule has 1 atom stereocenters. The van der Waals surface area contributed by atoms with Crippen LogP contribution in [0.25, 0.3) is 0 Å². The first-order chi connectivity index (χ1) is 9.99. The number of nitrogens with one attached hydrogen (secondary N) is 1. The van der Waals surface area contributed by atoms with Crippen LogP contribution in [0.3, 0.4) is 0 Å². The Balaban J connectivity index is 1.99. The highest BCUT2D eigenvalue weighted by Crippen LogP contribution is 2.32. The summed E-state index contributed by atoms with van der Waals surface area (Å²) in [7, 11) is 0. The molecule has 0 spiro atoms. The summed E-state index contributed by atoms with van der Waals surface area (Å²) >= 11 is 12.0. The maximum Gasteiger partial charge on any atom is 0.142 e. The minimum absolute atomic E-state index is 0.0354. The largest absolute Gasteiger partial charge is 0.310 e. The van der Waals surface area contributed by atoms with E-state index in [4.69, 9.17) is 23.2 Å². The first-order valence-electron chi connectivity index (χ1n) is 6.60. The minimum atomic E-state index is -0.491. The van der Waals surface area contributed by atoms with Crippen molar-refractivity contribution in [2.75, 3.05) is 6.54 Å².